The van der Waals surface area contributed by atoms with Crippen LogP contribution in [0, 0.1) is 23.5 Å². The second-order valence-corrected chi connectivity index (χ2v) is 22.8. The third-order valence-electron chi connectivity index (χ3n) is 18.2. The first kappa shape index (κ1) is 52.1. The van der Waals surface area contributed by atoms with E-state index >= 15 is 8.78 Å². The number of aromatic amines is 2. The summed E-state index contributed by atoms with van der Waals surface area (Å²) < 4.78 is 34.1. The number of rotatable bonds is 13. The average Bonchev–Trinajstić information content (AvgIpc) is 4.51. The molecule has 6 aromatic rings. The molecule has 2 aliphatic carbocycles. The van der Waals surface area contributed by atoms with E-state index in [1.807, 2.05) is 77.8 Å². The van der Waals surface area contributed by atoms with Crippen LogP contribution in [0.3, 0.4) is 0 Å². The van der Waals surface area contributed by atoms with E-state index in [2.05, 4.69) is 32.7 Å². The second-order valence-electron chi connectivity index (χ2n) is 22.8. The maximum Gasteiger partial charge on any atom is 0.405 e. The number of likely N-dealkylation sites (tertiary alicyclic amines) is 2. The second kappa shape index (κ2) is 21.9. The minimum absolute atomic E-state index is 0.0506. The highest BCUT2D eigenvalue weighted by atomic mass is 19.1. The van der Waals surface area contributed by atoms with Gasteiger partial charge in [-0.1, -0.05) is 68.9 Å². The van der Waals surface area contributed by atoms with Crippen molar-refractivity contribution in [3.63, 3.8) is 0 Å². The number of H-pyrrole nitrogens is 2. The summed E-state index contributed by atoms with van der Waals surface area (Å²) in [6.07, 6.45) is 16.7. The fourth-order valence-corrected chi connectivity index (χ4v) is 14.3. The van der Waals surface area contributed by atoms with Gasteiger partial charge in [0.15, 0.2) is 23.0 Å². The van der Waals surface area contributed by atoms with Crippen LogP contribution >= 0.6 is 0 Å². The standard InChI is InChI=1S/C61H68F2N10O6/c62-44-34-43(35-45(63)55(44)70-30-26-38(27-31-70)37-13-4-1-5-14-37)73(42-23-25-47-49(36-42)67-57(65-47)51-20-11-29-72(51)59(75)54(69-61(78)79)40-17-8-3-9-18-40)32-12-21-52(73)41-22-24-46-48(33-41)66-56(64-46)50-19-10-28-71(50)58(74)53(68-60(76)77)39-15-6-2-7-16-39/h1,4-5,12-14,21-25,32-36,38-40,50-51,53-54,68-69H,2-3,6-11,15-20,26-31H2,(H3-,64,65,66,67,76,77,78,79)/p+1/t50?,51-,53?,54?,73-/m0/s1. The molecular weight excluding hydrogens is 1010 g/mol. The van der Waals surface area contributed by atoms with Gasteiger partial charge in [-0.15, -0.1) is 0 Å². The van der Waals surface area contributed by atoms with Gasteiger partial charge in [0.1, 0.15) is 41.3 Å². The van der Waals surface area contributed by atoms with Crippen molar-refractivity contribution >= 4 is 68.8 Å². The quantitative estimate of drug-likeness (QED) is 0.0609. The summed E-state index contributed by atoms with van der Waals surface area (Å²) in [4.78, 5) is 75.2. The number of aromatic nitrogens is 4. The number of nitrogens with zero attached hydrogens (tertiary/aromatic N) is 6. The molecule has 4 amide bonds. The molecule has 3 saturated heterocycles. The Labute approximate surface area is 457 Å². The van der Waals surface area contributed by atoms with Crippen LogP contribution in [-0.4, -0.2) is 102 Å². The topological polar surface area (TPSA) is 200 Å². The smallest absolute Gasteiger partial charge is 0.405 e. The number of quaternary nitrogens is 1. The summed E-state index contributed by atoms with van der Waals surface area (Å²) in [5.74, 6) is -0.471. The van der Waals surface area contributed by atoms with Crippen LogP contribution in [0.2, 0.25) is 0 Å². The number of allylic oxidation sites excluding steroid dienone is 2. The van der Waals surface area contributed by atoms with E-state index in [1.165, 1.54) is 17.7 Å². The minimum Gasteiger partial charge on any atom is -0.465 e. The molecule has 0 radical (unpaired) electrons. The number of halogens is 2. The number of anilines is 1. The zero-order valence-corrected chi connectivity index (χ0v) is 44.4. The number of piperidine rings is 1. The lowest BCUT2D eigenvalue weighted by molar-refractivity contribution is -0.136. The van der Waals surface area contributed by atoms with Crippen LogP contribution in [-0.2, 0) is 9.59 Å². The molecule has 6 heterocycles. The lowest BCUT2D eigenvalue weighted by Gasteiger charge is -2.36. The number of amides is 4. The van der Waals surface area contributed by atoms with Crippen molar-refractivity contribution in [1.82, 2.24) is 44.9 Å². The molecule has 16 nitrogen and oxygen atoms in total. The molecule has 5 atom stereocenters. The van der Waals surface area contributed by atoms with Gasteiger partial charge in [-0.25, -0.2) is 28.3 Å². The molecule has 3 unspecified atom stereocenters. The zero-order valence-electron chi connectivity index (χ0n) is 44.4. The number of carbonyl (C=O) groups excluding carboxylic acids is 2. The van der Waals surface area contributed by atoms with Crippen molar-refractivity contribution in [2.45, 2.75) is 133 Å². The highest BCUT2D eigenvalue weighted by Gasteiger charge is 2.45. The predicted molar refractivity (Wildman–Crippen MR) is 298 cm³/mol. The highest BCUT2D eigenvalue weighted by molar-refractivity contribution is 5.94. The largest absolute Gasteiger partial charge is 0.465 e. The Kier molecular flexibility index (Phi) is 14.5. The molecule has 18 heteroatoms. The molecule has 0 spiro atoms. The van der Waals surface area contributed by atoms with E-state index in [9.17, 15) is 29.4 Å². The number of hydrogen-bond donors (Lipinski definition) is 6. The Balaban J connectivity index is 0.892. The Hall–Kier alpha value is -7.60. The summed E-state index contributed by atoms with van der Waals surface area (Å²) in [5, 5.41) is 24.8. The molecule has 6 N–H and O–H groups in total. The van der Waals surface area contributed by atoms with E-state index in [1.54, 1.807) is 9.80 Å². The normalized spacial score (nSPS) is 23.1. The van der Waals surface area contributed by atoms with E-state index < -0.39 is 41.9 Å². The van der Waals surface area contributed by atoms with E-state index in [4.69, 9.17) is 9.97 Å². The maximum atomic E-state index is 17.1. The van der Waals surface area contributed by atoms with Crippen LogP contribution in [0.1, 0.15) is 144 Å². The first-order chi connectivity index (χ1) is 38.4. The van der Waals surface area contributed by atoms with Crippen LogP contribution in [0.25, 0.3) is 27.8 Å². The van der Waals surface area contributed by atoms with Crippen molar-refractivity contribution in [3.05, 3.63) is 132 Å². The summed E-state index contributed by atoms with van der Waals surface area (Å²) in [6.45, 7) is 1.95. The lowest BCUT2D eigenvalue weighted by atomic mass is 9.83. The predicted octanol–water partition coefficient (Wildman–Crippen LogP) is 12.1. The Bertz CT molecular complexity index is 3320. The molecule has 2 saturated carbocycles. The van der Waals surface area contributed by atoms with Gasteiger partial charge in [0, 0.05) is 62.1 Å². The number of carbonyl (C=O) groups is 4. The van der Waals surface area contributed by atoms with Gasteiger partial charge in [-0.3, -0.25) is 9.59 Å². The molecular formula is C61H69F2N10O6+. The summed E-state index contributed by atoms with van der Waals surface area (Å²) >= 11 is 0. The SMILES string of the molecule is O=C(O)NC(C(=O)N1CCCC1c1nc2ccc(C3=CC=C[N@@+]3(c3cc(F)c(N4CCC(c5ccccc5)CC4)c(F)c3)c3ccc4nc([C@@H]5CCCN5C(=O)C(NC(=O)O)C5CCCCC5)[nH]c4c3)cc2[nH]1)C1CCCCC1. The van der Waals surface area contributed by atoms with Crippen molar-refractivity contribution in [1.29, 1.82) is 0 Å². The van der Waals surface area contributed by atoms with Crippen LogP contribution in [0.15, 0.2) is 97.2 Å². The Morgan fingerprint density at radius 2 is 1.13 bits per heavy atom. The molecule has 4 aromatic carbocycles. The summed E-state index contributed by atoms with van der Waals surface area (Å²) in [5.41, 5.74) is 6.28. The minimum atomic E-state index is -1.22. The lowest BCUT2D eigenvalue weighted by Crippen LogP contribution is -2.52. The number of nitrogens with one attached hydrogen (secondary N) is 4. The van der Waals surface area contributed by atoms with Gasteiger partial charge in [0.2, 0.25) is 11.8 Å². The number of fused-ring (bicyclic) bond motifs is 2. The Morgan fingerprint density at radius 3 is 1.67 bits per heavy atom. The van der Waals surface area contributed by atoms with E-state index in [-0.39, 0.29) is 39.9 Å². The van der Waals surface area contributed by atoms with Crippen molar-refractivity contribution < 1.29 is 38.2 Å². The molecule has 5 fully saturated rings. The number of benzene rings is 4. The van der Waals surface area contributed by atoms with E-state index in [0.29, 0.717) is 95.7 Å². The van der Waals surface area contributed by atoms with Crippen molar-refractivity contribution in [3.8, 4) is 0 Å². The van der Waals surface area contributed by atoms with Gasteiger partial charge in [0.05, 0.1) is 34.2 Å². The Morgan fingerprint density at radius 1 is 0.595 bits per heavy atom. The molecule has 6 aliphatic rings. The fraction of sp³-hybridized carbons (Fsp3) is 0.443. The van der Waals surface area contributed by atoms with Gasteiger partial charge >= 0.3 is 12.2 Å². The van der Waals surface area contributed by atoms with E-state index in [0.717, 1.165) is 95.5 Å². The van der Waals surface area contributed by atoms with Crippen LogP contribution in [0.4, 0.5) is 35.4 Å². The van der Waals surface area contributed by atoms with Gasteiger partial charge in [0.25, 0.3) is 0 Å². The average molecular weight is 1080 g/mol. The monoisotopic (exact) mass is 1080 g/mol. The van der Waals surface area contributed by atoms with Gasteiger partial charge in [-0.2, -0.15) is 4.48 Å². The maximum absolute atomic E-state index is 17.1. The molecule has 0 bridgehead atoms. The number of hydrogen-bond acceptors (Lipinski definition) is 7. The molecule has 412 valence electrons. The first-order valence-corrected chi connectivity index (χ1v) is 28.6. The third-order valence-corrected chi connectivity index (χ3v) is 18.2. The van der Waals surface area contributed by atoms with Crippen LogP contribution < -0.4 is 20.0 Å². The molecule has 4 aliphatic heterocycles. The molecule has 12 rings (SSSR count). The third kappa shape index (κ3) is 10.0. The molecule has 79 heavy (non-hydrogen) atoms. The van der Waals surface area contributed by atoms with Crippen molar-refractivity contribution in [2.75, 3.05) is 31.1 Å². The number of carboxylic acid groups (broad SMARTS) is 2. The fourth-order valence-electron chi connectivity index (χ4n) is 14.3. The van der Waals surface area contributed by atoms with Crippen molar-refractivity contribution in [2.24, 2.45) is 11.8 Å². The molecule has 2 aromatic heterocycles. The summed E-state index contributed by atoms with van der Waals surface area (Å²) in [7, 11) is 0. The first-order valence-electron chi connectivity index (χ1n) is 28.6. The van der Waals surface area contributed by atoms with Crippen LogP contribution in [0.5, 0.6) is 0 Å². The van der Waals surface area contributed by atoms with Gasteiger partial charge < -0.3 is 45.5 Å². The highest BCUT2D eigenvalue weighted by Crippen LogP contribution is 2.50. The zero-order chi connectivity index (χ0) is 54.4. The van der Waals surface area contributed by atoms with Gasteiger partial charge in [-0.05, 0) is 118 Å². The number of imidazole rings is 2. The summed E-state index contributed by atoms with van der Waals surface area (Å²) in [6, 6.07) is 22.3.